The highest BCUT2D eigenvalue weighted by atomic mass is 32.2. The van der Waals surface area contributed by atoms with Crippen LogP contribution in [0.4, 0.5) is 0 Å². The molecule has 2 aromatic carbocycles. The van der Waals surface area contributed by atoms with Gasteiger partial charge in [-0.05, 0) is 24.6 Å². The van der Waals surface area contributed by atoms with Crippen molar-refractivity contribution in [2.75, 3.05) is 7.11 Å². The van der Waals surface area contributed by atoms with Crippen molar-refractivity contribution in [1.82, 2.24) is 4.72 Å². The monoisotopic (exact) mass is 291 g/mol. The van der Waals surface area contributed by atoms with Crippen LogP contribution in [0.3, 0.4) is 0 Å². The Morgan fingerprint density at radius 1 is 1.10 bits per heavy atom. The first-order valence-corrected chi connectivity index (χ1v) is 7.69. The molecule has 106 valence electrons. The summed E-state index contributed by atoms with van der Waals surface area (Å²) >= 11 is 0. The zero-order valence-electron chi connectivity index (χ0n) is 11.5. The second kappa shape index (κ2) is 6.07. The molecular weight excluding hydrogens is 274 g/mol. The fraction of sp³-hybridized carbons (Fsp3) is 0.200. The van der Waals surface area contributed by atoms with E-state index in [1.54, 1.807) is 18.2 Å². The highest BCUT2D eigenvalue weighted by Gasteiger charge is 2.14. The molecule has 0 aliphatic heterocycles. The molecule has 0 aliphatic rings. The number of hydrogen-bond acceptors (Lipinski definition) is 3. The molecule has 0 atom stereocenters. The number of aryl methyl sites for hydroxylation is 1. The molecule has 2 rings (SSSR count). The van der Waals surface area contributed by atoms with Gasteiger partial charge in [0.2, 0.25) is 10.0 Å². The van der Waals surface area contributed by atoms with E-state index in [1.165, 1.54) is 13.2 Å². The largest absolute Gasteiger partial charge is 0.497 e. The second-order valence-electron chi connectivity index (χ2n) is 4.49. The SMILES string of the molecule is COc1cccc(S(=O)(=O)NCc2cccc(C)c2)c1. The Morgan fingerprint density at radius 2 is 1.85 bits per heavy atom. The number of nitrogens with one attached hydrogen (secondary N) is 1. The number of benzene rings is 2. The molecular formula is C15H17NO3S. The van der Waals surface area contributed by atoms with Crippen molar-refractivity contribution in [3.63, 3.8) is 0 Å². The van der Waals surface area contributed by atoms with Crippen LogP contribution in [0, 0.1) is 6.92 Å². The van der Waals surface area contributed by atoms with Crippen molar-refractivity contribution in [3.8, 4) is 5.75 Å². The first-order valence-electron chi connectivity index (χ1n) is 6.20. The summed E-state index contributed by atoms with van der Waals surface area (Å²) in [6, 6.07) is 14.1. The standard InChI is InChI=1S/C15H17NO3S/c1-12-5-3-6-13(9-12)11-16-20(17,18)15-8-4-7-14(10-15)19-2/h3-10,16H,11H2,1-2H3. The van der Waals surface area contributed by atoms with Crippen LogP contribution in [0.1, 0.15) is 11.1 Å². The first kappa shape index (κ1) is 14.6. The topological polar surface area (TPSA) is 55.4 Å². The van der Waals surface area contributed by atoms with Gasteiger partial charge in [0, 0.05) is 12.6 Å². The van der Waals surface area contributed by atoms with E-state index >= 15 is 0 Å². The molecule has 0 spiro atoms. The van der Waals surface area contributed by atoms with Gasteiger partial charge < -0.3 is 4.74 Å². The molecule has 0 aromatic heterocycles. The fourth-order valence-corrected chi connectivity index (χ4v) is 2.90. The smallest absolute Gasteiger partial charge is 0.241 e. The molecule has 0 aliphatic carbocycles. The number of sulfonamides is 1. The Labute approximate surface area is 119 Å². The van der Waals surface area contributed by atoms with Crippen molar-refractivity contribution in [2.24, 2.45) is 0 Å². The molecule has 0 unspecified atom stereocenters. The first-order chi connectivity index (χ1) is 9.51. The maximum atomic E-state index is 12.2. The number of ether oxygens (including phenoxy) is 1. The van der Waals surface area contributed by atoms with Crippen LogP contribution in [0.15, 0.2) is 53.4 Å². The lowest BCUT2D eigenvalue weighted by atomic mass is 10.1. The van der Waals surface area contributed by atoms with Gasteiger partial charge in [0.15, 0.2) is 0 Å². The van der Waals surface area contributed by atoms with E-state index in [9.17, 15) is 8.42 Å². The zero-order valence-corrected chi connectivity index (χ0v) is 12.3. The molecule has 0 amide bonds. The van der Waals surface area contributed by atoms with Gasteiger partial charge >= 0.3 is 0 Å². The summed E-state index contributed by atoms with van der Waals surface area (Å²) in [5.41, 5.74) is 2.03. The van der Waals surface area contributed by atoms with E-state index in [2.05, 4.69) is 4.72 Å². The summed E-state index contributed by atoms with van der Waals surface area (Å²) in [6.45, 7) is 2.24. The van der Waals surface area contributed by atoms with Crippen molar-refractivity contribution in [3.05, 3.63) is 59.7 Å². The maximum absolute atomic E-state index is 12.2. The van der Waals surface area contributed by atoms with E-state index in [1.807, 2.05) is 31.2 Å². The molecule has 20 heavy (non-hydrogen) atoms. The molecule has 0 saturated heterocycles. The van der Waals surface area contributed by atoms with E-state index < -0.39 is 10.0 Å². The van der Waals surface area contributed by atoms with Crippen LogP contribution in [-0.2, 0) is 16.6 Å². The highest BCUT2D eigenvalue weighted by molar-refractivity contribution is 7.89. The van der Waals surface area contributed by atoms with Gasteiger partial charge in [-0.15, -0.1) is 0 Å². The van der Waals surface area contributed by atoms with Gasteiger partial charge in [0.05, 0.1) is 12.0 Å². The lowest BCUT2D eigenvalue weighted by Gasteiger charge is -2.08. The Bertz CT molecular complexity index is 696. The van der Waals surface area contributed by atoms with E-state index in [4.69, 9.17) is 4.74 Å². The normalized spacial score (nSPS) is 11.3. The van der Waals surface area contributed by atoms with Crippen LogP contribution < -0.4 is 9.46 Å². The molecule has 2 aromatic rings. The number of hydrogen-bond donors (Lipinski definition) is 1. The summed E-state index contributed by atoms with van der Waals surface area (Å²) in [5, 5.41) is 0. The summed E-state index contributed by atoms with van der Waals surface area (Å²) in [7, 11) is -2.03. The predicted molar refractivity (Wildman–Crippen MR) is 78.2 cm³/mol. The Morgan fingerprint density at radius 3 is 2.55 bits per heavy atom. The lowest BCUT2D eigenvalue weighted by Crippen LogP contribution is -2.23. The predicted octanol–water partition coefficient (Wildman–Crippen LogP) is 2.48. The van der Waals surface area contributed by atoms with Crippen molar-refractivity contribution in [2.45, 2.75) is 18.4 Å². The Balaban J connectivity index is 2.15. The third kappa shape index (κ3) is 3.59. The minimum absolute atomic E-state index is 0.199. The third-order valence-electron chi connectivity index (χ3n) is 2.90. The zero-order chi connectivity index (χ0) is 14.6. The summed E-state index contributed by atoms with van der Waals surface area (Å²) in [4.78, 5) is 0.199. The van der Waals surface area contributed by atoms with Crippen LogP contribution in [0.5, 0.6) is 5.75 Å². The maximum Gasteiger partial charge on any atom is 0.241 e. The quantitative estimate of drug-likeness (QED) is 0.920. The molecule has 4 nitrogen and oxygen atoms in total. The van der Waals surface area contributed by atoms with E-state index in [0.29, 0.717) is 5.75 Å². The number of methoxy groups -OCH3 is 1. The molecule has 0 radical (unpaired) electrons. The molecule has 0 heterocycles. The summed E-state index contributed by atoms with van der Waals surface area (Å²) in [6.07, 6.45) is 0. The van der Waals surface area contributed by atoms with Gasteiger partial charge in [0.25, 0.3) is 0 Å². The molecule has 1 N–H and O–H groups in total. The lowest BCUT2D eigenvalue weighted by molar-refractivity contribution is 0.413. The average Bonchev–Trinajstić information content (AvgIpc) is 2.45. The minimum Gasteiger partial charge on any atom is -0.497 e. The van der Waals surface area contributed by atoms with Crippen molar-refractivity contribution >= 4 is 10.0 Å². The third-order valence-corrected chi connectivity index (χ3v) is 4.30. The van der Waals surface area contributed by atoms with Crippen LogP contribution in [-0.4, -0.2) is 15.5 Å². The van der Waals surface area contributed by atoms with Crippen LogP contribution in [0.2, 0.25) is 0 Å². The Kier molecular flexibility index (Phi) is 4.42. The number of rotatable bonds is 5. The van der Waals surface area contributed by atoms with Crippen LogP contribution >= 0.6 is 0 Å². The molecule has 0 bridgehead atoms. The molecule has 5 heteroatoms. The van der Waals surface area contributed by atoms with Gasteiger partial charge in [-0.2, -0.15) is 0 Å². The van der Waals surface area contributed by atoms with Gasteiger partial charge in [-0.3, -0.25) is 0 Å². The minimum atomic E-state index is -3.53. The Hall–Kier alpha value is -1.85. The summed E-state index contributed by atoms with van der Waals surface area (Å²) in [5.74, 6) is 0.517. The van der Waals surface area contributed by atoms with Crippen molar-refractivity contribution < 1.29 is 13.2 Å². The molecule has 0 fully saturated rings. The summed E-state index contributed by atoms with van der Waals surface area (Å²) < 4.78 is 32.0. The van der Waals surface area contributed by atoms with Crippen molar-refractivity contribution in [1.29, 1.82) is 0 Å². The van der Waals surface area contributed by atoms with Gasteiger partial charge in [0.1, 0.15) is 5.75 Å². The van der Waals surface area contributed by atoms with Gasteiger partial charge in [-0.25, -0.2) is 13.1 Å². The highest BCUT2D eigenvalue weighted by Crippen LogP contribution is 2.17. The van der Waals surface area contributed by atoms with Gasteiger partial charge in [-0.1, -0.05) is 35.9 Å². The van der Waals surface area contributed by atoms with E-state index in [-0.39, 0.29) is 11.4 Å². The van der Waals surface area contributed by atoms with Crippen LogP contribution in [0.25, 0.3) is 0 Å². The average molecular weight is 291 g/mol. The van der Waals surface area contributed by atoms with E-state index in [0.717, 1.165) is 11.1 Å². The fourth-order valence-electron chi connectivity index (χ4n) is 1.85. The second-order valence-corrected chi connectivity index (χ2v) is 6.26. The molecule has 0 saturated carbocycles.